The number of aryl methyl sites for hydroxylation is 1. The Hall–Kier alpha value is -1.47. The van der Waals surface area contributed by atoms with E-state index in [0.29, 0.717) is 15.7 Å². The van der Waals surface area contributed by atoms with Crippen LogP contribution < -0.4 is 10.1 Å². The second-order valence-corrected chi connectivity index (χ2v) is 7.68. The molecule has 0 heterocycles. The van der Waals surface area contributed by atoms with Gasteiger partial charge in [0.05, 0.1) is 10.0 Å². The van der Waals surface area contributed by atoms with Gasteiger partial charge < -0.3 is 14.8 Å². The Balaban J connectivity index is 1.89. The first-order valence-corrected chi connectivity index (χ1v) is 9.64. The van der Waals surface area contributed by atoms with Gasteiger partial charge in [0.1, 0.15) is 5.75 Å². The van der Waals surface area contributed by atoms with E-state index >= 15 is 0 Å². The molecular formula is C18H15BrCl3NO4. The molecule has 0 aliphatic carbocycles. The number of esters is 1. The minimum Gasteiger partial charge on any atom is -0.477 e. The summed E-state index contributed by atoms with van der Waals surface area (Å²) in [5.41, 5.74) is 1.33. The standard InChI is InChI=1S/C18H15BrCl3NO4/c1-9-5-12(19)13(21)7-15(9)23-17(24)8-26-18(25)10(2)27-16-4-3-11(20)6-14(16)22/h3-7,10H,8H2,1-2H3,(H,23,24)/t10-/m1/s1. The van der Waals surface area contributed by atoms with Crippen molar-refractivity contribution in [1.29, 1.82) is 0 Å². The van der Waals surface area contributed by atoms with Gasteiger partial charge in [0.2, 0.25) is 0 Å². The average Bonchev–Trinajstić information content (AvgIpc) is 2.59. The maximum absolute atomic E-state index is 12.0. The van der Waals surface area contributed by atoms with Crippen molar-refractivity contribution < 1.29 is 19.1 Å². The van der Waals surface area contributed by atoms with Gasteiger partial charge in [-0.2, -0.15) is 0 Å². The Bertz CT molecular complexity index is 876. The molecule has 0 aliphatic rings. The highest BCUT2D eigenvalue weighted by molar-refractivity contribution is 9.10. The number of benzene rings is 2. The summed E-state index contributed by atoms with van der Waals surface area (Å²) in [6.07, 6.45) is -0.958. The third-order valence-corrected chi connectivity index (χ3v) is 5.14. The van der Waals surface area contributed by atoms with Crippen LogP contribution in [-0.4, -0.2) is 24.6 Å². The van der Waals surface area contributed by atoms with E-state index in [-0.39, 0.29) is 10.8 Å². The maximum Gasteiger partial charge on any atom is 0.347 e. The smallest absolute Gasteiger partial charge is 0.347 e. The Morgan fingerprint density at radius 2 is 1.85 bits per heavy atom. The van der Waals surface area contributed by atoms with E-state index in [4.69, 9.17) is 44.3 Å². The van der Waals surface area contributed by atoms with Gasteiger partial charge in [-0.3, -0.25) is 4.79 Å². The van der Waals surface area contributed by atoms with Gasteiger partial charge in [0, 0.05) is 15.2 Å². The van der Waals surface area contributed by atoms with E-state index in [9.17, 15) is 9.59 Å². The summed E-state index contributed by atoms with van der Waals surface area (Å²) in [7, 11) is 0. The van der Waals surface area contributed by atoms with Crippen LogP contribution in [0.3, 0.4) is 0 Å². The minimum absolute atomic E-state index is 0.266. The monoisotopic (exact) mass is 493 g/mol. The Kier molecular flexibility index (Phi) is 7.79. The molecule has 0 fully saturated rings. The lowest BCUT2D eigenvalue weighted by atomic mass is 10.2. The van der Waals surface area contributed by atoms with Crippen LogP contribution in [0.25, 0.3) is 0 Å². The fourth-order valence-corrected chi connectivity index (χ4v) is 3.11. The van der Waals surface area contributed by atoms with Crippen LogP contribution in [0.2, 0.25) is 15.1 Å². The van der Waals surface area contributed by atoms with Crippen molar-refractivity contribution in [3.05, 3.63) is 55.4 Å². The van der Waals surface area contributed by atoms with Gasteiger partial charge in [0.15, 0.2) is 12.7 Å². The number of nitrogens with one attached hydrogen (secondary N) is 1. The van der Waals surface area contributed by atoms with E-state index in [1.807, 2.05) is 6.92 Å². The summed E-state index contributed by atoms with van der Waals surface area (Å²) < 4.78 is 11.1. The predicted octanol–water partition coefficient (Wildman–Crippen LogP) is 5.67. The van der Waals surface area contributed by atoms with E-state index < -0.39 is 24.6 Å². The zero-order valence-electron chi connectivity index (χ0n) is 14.3. The van der Waals surface area contributed by atoms with Crippen LogP contribution in [0, 0.1) is 6.92 Å². The van der Waals surface area contributed by atoms with Crippen LogP contribution in [0.15, 0.2) is 34.8 Å². The molecule has 0 aliphatic heterocycles. The van der Waals surface area contributed by atoms with Crippen molar-refractivity contribution in [2.75, 3.05) is 11.9 Å². The number of hydrogen-bond donors (Lipinski definition) is 1. The molecule has 5 nitrogen and oxygen atoms in total. The second kappa shape index (κ2) is 9.64. The van der Waals surface area contributed by atoms with Crippen LogP contribution >= 0.6 is 50.7 Å². The highest BCUT2D eigenvalue weighted by atomic mass is 79.9. The first kappa shape index (κ1) is 21.8. The molecule has 0 spiro atoms. The average molecular weight is 496 g/mol. The lowest BCUT2D eigenvalue weighted by molar-refractivity contribution is -0.153. The fourth-order valence-electron chi connectivity index (χ4n) is 2.03. The van der Waals surface area contributed by atoms with E-state index in [1.165, 1.54) is 13.0 Å². The fraction of sp³-hybridized carbons (Fsp3) is 0.222. The zero-order chi connectivity index (χ0) is 20.1. The third-order valence-electron chi connectivity index (χ3n) is 3.42. The van der Waals surface area contributed by atoms with Gasteiger partial charge in [-0.25, -0.2) is 4.79 Å². The van der Waals surface area contributed by atoms with Crippen molar-refractivity contribution in [2.45, 2.75) is 20.0 Å². The van der Waals surface area contributed by atoms with Crippen LogP contribution in [0.5, 0.6) is 5.75 Å². The summed E-state index contributed by atoms with van der Waals surface area (Å²) in [5, 5.41) is 3.81. The molecule has 1 amide bonds. The zero-order valence-corrected chi connectivity index (χ0v) is 18.2. The summed E-state index contributed by atoms with van der Waals surface area (Å²) in [6.45, 7) is 2.84. The van der Waals surface area contributed by atoms with E-state index in [1.54, 1.807) is 24.3 Å². The number of amides is 1. The molecule has 0 bridgehead atoms. The molecular weight excluding hydrogens is 480 g/mol. The molecule has 27 heavy (non-hydrogen) atoms. The molecule has 144 valence electrons. The van der Waals surface area contributed by atoms with Crippen molar-refractivity contribution in [3.63, 3.8) is 0 Å². The highest BCUT2D eigenvalue weighted by Crippen LogP contribution is 2.29. The quantitative estimate of drug-likeness (QED) is 0.525. The predicted molar refractivity (Wildman–Crippen MR) is 110 cm³/mol. The number of hydrogen-bond acceptors (Lipinski definition) is 4. The molecule has 0 aromatic heterocycles. The lowest BCUT2D eigenvalue weighted by Gasteiger charge is -2.15. The maximum atomic E-state index is 12.0. The summed E-state index contributed by atoms with van der Waals surface area (Å²) in [6, 6.07) is 8.00. The molecule has 9 heteroatoms. The van der Waals surface area contributed by atoms with Crippen molar-refractivity contribution >= 4 is 68.3 Å². The van der Waals surface area contributed by atoms with Gasteiger partial charge in [-0.05, 0) is 65.7 Å². The molecule has 0 radical (unpaired) electrons. The number of carbonyl (C=O) groups is 2. The van der Waals surface area contributed by atoms with Gasteiger partial charge in [-0.1, -0.05) is 34.8 Å². The SMILES string of the molecule is Cc1cc(Br)c(Cl)cc1NC(=O)COC(=O)[C@@H](C)Oc1ccc(Cl)cc1Cl. The summed E-state index contributed by atoms with van der Waals surface area (Å²) in [4.78, 5) is 24.0. The number of halogens is 4. The topological polar surface area (TPSA) is 64.6 Å². The van der Waals surface area contributed by atoms with Crippen molar-refractivity contribution in [2.24, 2.45) is 0 Å². The summed E-state index contributed by atoms with van der Waals surface area (Å²) in [5.74, 6) is -0.918. The molecule has 2 aromatic carbocycles. The van der Waals surface area contributed by atoms with Gasteiger partial charge in [0.25, 0.3) is 5.91 Å². The molecule has 0 unspecified atom stereocenters. The molecule has 2 aromatic rings. The first-order chi connectivity index (χ1) is 12.7. The molecule has 0 saturated heterocycles. The second-order valence-electron chi connectivity index (χ2n) is 5.57. The largest absolute Gasteiger partial charge is 0.477 e. The first-order valence-electron chi connectivity index (χ1n) is 7.71. The van der Waals surface area contributed by atoms with E-state index in [0.717, 1.165) is 10.0 Å². The number of carbonyl (C=O) groups excluding carboxylic acids is 2. The molecule has 2 rings (SSSR count). The summed E-state index contributed by atoms with van der Waals surface area (Å²) >= 11 is 21.1. The van der Waals surface area contributed by atoms with Gasteiger partial charge >= 0.3 is 5.97 Å². The number of anilines is 1. The molecule has 0 saturated carbocycles. The lowest BCUT2D eigenvalue weighted by Crippen LogP contribution is -2.30. The third kappa shape index (κ3) is 6.28. The number of rotatable bonds is 6. The molecule has 1 N–H and O–H groups in total. The Morgan fingerprint density at radius 3 is 2.52 bits per heavy atom. The van der Waals surface area contributed by atoms with Gasteiger partial charge in [-0.15, -0.1) is 0 Å². The minimum atomic E-state index is -0.958. The molecule has 1 atom stereocenters. The Morgan fingerprint density at radius 1 is 1.15 bits per heavy atom. The van der Waals surface area contributed by atoms with Crippen molar-refractivity contribution in [3.8, 4) is 5.75 Å². The van der Waals surface area contributed by atoms with Crippen LogP contribution in [0.1, 0.15) is 12.5 Å². The van der Waals surface area contributed by atoms with Crippen LogP contribution in [-0.2, 0) is 14.3 Å². The normalized spacial score (nSPS) is 11.6. The van der Waals surface area contributed by atoms with Crippen LogP contribution in [0.4, 0.5) is 5.69 Å². The van der Waals surface area contributed by atoms with E-state index in [2.05, 4.69) is 21.2 Å². The van der Waals surface area contributed by atoms with Crippen molar-refractivity contribution in [1.82, 2.24) is 0 Å². The number of ether oxygens (including phenoxy) is 2. The Labute approximate surface area is 180 Å². The highest BCUT2D eigenvalue weighted by Gasteiger charge is 2.19.